The molecular weight excluding hydrogens is 350 g/mol. The first-order chi connectivity index (χ1) is 13.0. The minimum absolute atomic E-state index is 0.0977. The Bertz CT molecular complexity index is 921. The summed E-state index contributed by atoms with van der Waals surface area (Å²) in [6.07, 6.45) is -0.352. The van der Waals surface area contributed by atoms with Crippen molar-refractivity contribution in [1.29, 1.82) is 0 Å². The summed E-state index contributed by atoms with van der Waals surface area (Å²) < 4.78 is 11.0. The molecule has 0 radical (unpaired) electrons. The molecule has 2 aromatic rings. The first-order valence-electron chi connectivity index (χ1n) is 8.62. The fourth-order valence-corrected chi connectivity index (χ4v) is 3.05. The number of carbonyl (C=O) groups is 3. The molecule has 1 heterocycles. The normalized spacial score (nSPS) is 13.7. The molecule has 27 heavy (non-hydrogen) atoms. The van der Waals surface area contributed by atoms with E-state index in [1.807, 2.05) is 6.92 Å². The third kappa shape index (κ3) is 3.36. The number of hydrogen-bond acceptors (Lipinski definition) is 6. The minimum Gasteiger partial charge on any atom is -0.508 e. The van der Waals surface area contributed by atoms with E-state index in [9.17, 15) is 19.5 Å². The van der Waals surface area contributed by atoms with E-state index in [0.29, 0.717) is 6.42 Å². The van der Waals surface area contributed by atoms with E-state index in [4.69, 9.17) is 9.47 Å². The number of aromatic hydroxyl groups is 1. The molecule has 1 aliphatic heterocycles. The molecule has 2 amide bonds. The van der Waals surface area contributed by atoms with Gasteiger partial charge in [0.15, 0.2) is 0 Å². The average Bonchev–Trinajstić information content (AvgIpc) is 2.94. The van der Waals surface area contributed by atoms with Crippen LogP contribution in [0.1, 0.15) is 63.0 Å². The fraction of sp³-hybridized carbons (Fsp3) is 0.250. The molecule has 1 unspecified atom stereocenters. The summed E-state index contributed by atoms with van der Waals surface area (Å²) in [5, 5.41) is 12.6. The number of phenols is 1. The summed E-state index contributed by atoms with van der Waals surface area (Å²) in [5.41, 5.74) is 0.747. The van der Waals surface area contributed by atoms with Crippen molar-refractivity contribution in [1.82, 2.24) is 5.32 Å². The number of esters is 1. The number of carbonyl (C=O) groups excluding carboxylic acids is 3. The predicted octanol–water partition coefficient (Wildman–Crippen LogP) is 2.98. The van der Waals surface area contributed by atoms with Gasteiger partial charge in [-0.25, -0.2) is 4.79 Å². The lowest BCUT2D eigenvalue weighted by Gasteiger charge is -2.22. The molecule has 140 valence electrons. The number of amides is 2. The van der Waals surface area contributed by atoms with Gasteiger partial charge in [-0.05, 0) is 37.6 Å². The monoisotopic (exact) mass is 369 g/mol. The second-order valence-electron chi connectivity index (χ2n) is 5.94. The Morgan fingerprint density at radius 3 is 2.56 bits per heavy atom. The number of phenolic OH excluding ortho intramolecular Hbond substituents is 1. The first kappa shape index (κ1) is 18.4. The van der Waals surface area contributed by atoms with Crippen LogP contribution in [0.2, 0.25) is 0 Å². The van der Waals surface area contributed by atoms with E-state index in [1.165, 1.54) is 12.1 Å². The van der Waals surface area contributed by atoms with E-state index >= 15 is 0 Å². The highest BCUT2D eigenvalue weighted by molar-refractivity contribution is 6.22. The molecule has 0 saturated carbocycles. The molecule has 0 aromatic heterocycles. The van der Waals surface area contributed by atoms with Gasteiger partial charge in [0.25, 0.3) is 11.8 Å². The number of ether oxygens (including phenoxy) is 2. The van der Waals surface area contributed by atoms with Crippen molar-refractivity contribution in [3.63, 3.8) is 0 Å². The van der Waals surface area contributed by atoms with Crippen LogP contribution in [-0.4, -0.2) is 29.5 Å². The van der Waals surface area contributed by atoms with Crippen molar-refractivity contribution in [3.05, 3.63) is 58.7 Å². The van der Waals surface area contributed by atoms with Crippen LogP contribution < -0.4 is 10.1 Å². The van der Waals surface area contributed by atoms with Gasteiger partial charge in [0, 0.05) is 5.56 Å². The smallest absolute Gasteiger partial charge is 0.341 e. The van der Waals surface area contributed by atoms with Crippen LogP contribution in [0, 0.1) is 0 Å². The zero-order chi connectivity index (χ0) is 19.6. The lowest BCUT2D eigenvalue weighted by atomic mass is 9.95. The number of imide groups is 1. The van der Waals surface area contributed by atoms with Gasteiger partial charge < -0.3 is 14.6 Å². The standard InChI is InChI=1S/C20H19NO6/c1-3-14(27-15-8-6-5-7-11(15)20(25)26-4-2)17-13(22)10-9-12-16(17)19(24)21-18(12)23/h5-10,14,22H,3-4H2,1-2H3,(H,21,23,24). The molecule has 7 nitrogen and oxygen atoms in total. The molecule has 0 aliphatic carbocycles. The summed E-state index contributed by atoms with van der Waals surface area (Å²) in [6, 6.07) is 9.33. The summed E-state index contributed by atoms with van der Waals surface area (Å²) in [4.78, 5) is 36.3. The number of fused-ring (bicyclic) bond motifs is 1. The van der Waals surface area contributed by atoms with E-state index in [-0.39, 0.29) is 40.4 Å². The average molecular weight is 369 g/mol. The maximum absolute atomic E-state index is 12.2. The minimum atomic E-state index is -0.743. The van der Waals surface area contributed by atoms with Gasteiger partial charge in [-0.15, -0.1) is 0 Å². The van der Waals surface area contributed by atoms with Crippen molar-refractivity contribution in [2.75, 3.05) is 6.61 Å². The van der Waals surface area contributed by atoms with E-state index in [1.54, 1.807) is 31.2 Å². The SMILES string of the molecule is CCOC(=O)c1ccccc1OC(CC)c1c(O)ccc2c1C(=O)NC2=O. The lowest BCUT2D eigenvalue weighted by Crippen LogP contribution is -2.21. The fourth-order valence-electron chi connectivity index (χ4n) is 3.05. The Morgan fingerprint density at radius 2 is 1.85 bits per heavy atom. The summed E-state index contributed by atoms with van der Waals surface area (Å²) in [7, 11) is 0. The molecule has 2 aromatic carbocycles. The molecule has 0 fully saturated rings. The van der Waals surface area contributed by atoms with Crippen molar-refractivity contribution in [2.24, 2.45) is 0 Å². The zero-order valence-corrected chi connectivity index (χ0v) is 14.9. The van der Waals surface area contributed by atoms with E-state index in [2.05, 4.69) is 5.32 Å². The van der Waals surface area contributed by atoms with Gasteiger partial charge in [-0.1, -0.05) is 19.1 Å². The molecule has 1 aliphatic rings. The van der Waals surface area contributed by atoms with Gasteiger partial charge in [-0.2, -0.15) is 0 Å². The quantitative estimate of drug-likeness (QED) is 0.599. The highest BCUT2D eigenvalue weighted by Gasteiger charge is 2.34. The van der Waals surface area contributed by atoms with Gasteiger partial charge in [0.1, 0.15) is 23.2 Å². The first-order valence-corrected chi connectivity index (χ1v) is 8.62. The second-order valence-corrected chi connectivity index (χ2v) is 5.94. The predicted molar refractivity (Wildman–Crippen MR) is 96.0 cm³/mol. The highest BCUT2D eigenvalue weighted by Crippen LogP contribution is 2.37. The third-order valence-electron chi connectivity index (χ3n) is 4.27. The van der Waals surface area contributed by atoms with Gasteiger partial charge in [0.2, 0.25) is 0 Å². The molecule has 1 atom stereocenters. The molecule has 0 bridgehead atoms. The molecule has 2 N–H and O–H groups in total. The Kier molecular flexibility index (Phi) is 5.12. The maximum atomic E-state index is 12.2. The lowest BCUT2D eigenvalue weighted by molar-refractivity contribution is 0.0517. The summed E-state index contributed by atoms with van der Waals surface area (Å²) in [5.74, 6) is -1.51. The van der Waals surface area contributed by atoms with Crippen LogP contribution in [0.4, 0.5) is 0 Å². The summed E-state index contributed by atoms with van der Waals surface area (Å²) >= 11 is 0. The third-order valence-corrected chi connectivity index (χ3v) is 4.27. The van der Waals surface area contributed by atoms with Gasteiger partial charge in [-0.3, -0.25) is 14.9 Å². The van der Waals surface area contributed by atoms with Crippen LogP contribution >= 0.6 is 0 Å². The van der Waals surface area contributed by atoms with Crippen LogP contribution in [-0.2, 0) is 4.74 Å². The zero-order valence-electron chi connectivity index (χ0n) is 14.9. The second kappa shape index (κ2) is 7.49. The van der Waals surface area contributed by atoms with E-state index < -0.39 is 23.9 Å². The number of hydrogen-bond donors (Lipinski definition) is 2. The van der Waals surface area contributed by atoms with Crippen molar-refractivity contribution >= 4 is 17.8 Å². The summed E-state index contributed by atoms with van der Waals surface area (Å²) in [6.45, 7) is 3.74. The highest BCUT2D eigenvalue weighted by atomic mass is 16.5. The number of benzene rings is 2. The largest absolute Gasteiger partial charge is 0.508 e. The Balaban J connectivity index is 2.03. The Morgan fingerprint density at radius 1 is 1.11 bits per heavy atom. The molecular formula is C20H19NO6. The Labute approximate surface area is 155 Å². The molecule has 7 heteroatoms. The molecule has 3 rings (SSSR count). The Hall–Kier alpha value is -3.35. The van der Waals surface area contributed by atoms with Crippen LogP contribution in [0.15, 0.2) is 36.4 Å². The van der Waals surface area contributed by atoms with Crippen LogP contribution in [0.25, 0.3) is 0 Å². The van der Waals surface area contributed by atoms with Crippen molar-refractivity contribution in [3.8, 4) is 11.5 Å². The number of rotatable bonds is 6. The van der Waals surface area contributed by atoms with Crippen LogP contribution in [0.3, 0.4) is 0 Å². The molecule has 0 saturated heterocycles. The number of para-hydroxylation sites is 1. The van der Waals surface area contributed by atoms with Crippen molar-refractivity contribution < 1.29 is 29.0 Å². The van der Waals surface area contributed by atoms with Gasteiger partial charge in [0.05, 0.1) is 17.7 Å². The van der Waals surface area contributed by atoms with Gasteiger partial charge >= 0.3 is 5.97 Å². The van der Waals surface area contributed by atoms with Crippen molar-refractivity contribution in [2.45, 2.75) is 26.4 Å². The van der Waals surface area contributed by atoms with Crippen LogP contribution in [0.5, 0.6) is 11.5 Å². The maximum Gasteiger partial charge on any atom is 0.341 e. The molecule has 0 spiro atoms. The van der Waals surface area contributed by atoms with E-state index in [0.717, 1.165) is 0 Å². The number of nitrogens with one attached hydrogen (secondary N) is 1. The topological polar surface area (TPSA) is 102 Å².